The normalized spacial score (nSPS) is 10.9. The fourth-order valence-corrected chi connectivity index (χ4v) is 5.11. The van der Waals surface area contributed by atoms with Gasteiger partial charge >= 0.3 is 5.97 Å². The molecule has 0 aliphatic carbocycles. The SMILES string of the molecule is CCOC(=O)c1cc(C)sc1NC(=O)CSc1nnc(-c2csc(C)c2)n1CC. The van der Waals surface area contributed by atoms with Crippen molar-refractivity contribution in [2.45, 2.75) is 39.4 Å². The maximum atomic E-state index is 12.5. The first-order valence-electron chi connectivity index (χ1n) is 9.11. The third-order valence-electron chi connectivity index (χ3n) is 3.96. The summed E-state index contributed by atoms with van der Waals surface area (Å²) >= 11 is 4.35. The third-order valence-corrected chi connectivity index (χ3v) is 6.75. The van der Waals surface area contributed by atoms with Gasteiger partial charge in [-0.25, -0.2) is 4.79 Å². The molecule has 1 amide bonds. The summed E-state index contributed by atoms with van der Waals surface area (Å²) in [5.74, 6) is 0.334. The van der Waals surface area contributed by atoms with E-state index in [1.54, 1.807) is 24.3 Å². The Morgan fingerprint density at radius 1 is 1.21 bits per heavy atom. The molecule has 0 unspecified atom stereocenters. The molecule has 0 saturated heterocycles. The lowest BCUT2D eigenvalue weighted by atomic mass is 10.3. The van der Waals surface area contributed by atoms with Crippen LogP contribution in [0.3, 0.4) is 0 Å². The molecule has 29 heavy (non-hydrogen) atoms. The Bertz CT molecular complexity index is 1020. The van der Waals surface area contributed by atoms with E-state index in [0.717, 1.165) is 16.3 Å². The van der Waals surface area contributed by atoms with E-state index in [1.165, 1.54) is 28.0 Å². The van der Waals surface area contributed by atoms with E-state index < -0.39 is 5.97 Å². The van der Waals surface area contributed by atoms with Crippen LogP contribution in [0.1, 0.15) is 34.0 Å². The van der Waals surface area contributed by atoms with Gasteiger partial charge in [-0.1, -0.05) is 11.8 Å². The molecule has 0 saturated carbocycles. The van der Waals surface area contributed by atoms with E-state index in [4.69, 9.17) is 4.74 Å². The van der Waals surface area contributed by atoms with Crippen LogP contribution in [0.25, 0.3) is 11.4 Å². The van der Waals surface area contributed by atoms with Crippen molar-refractivity contribution in [2.75, 3.05) is 17.7 Å². The van der Waals surface area contributed by atoms with Gasteiger partial charge in [0.05, 0.1) is 17.9 Å². The summed E-state index contributed by atoms with van der Waals surface area (Å²) < 4.78 is 7.06. The van der Waals surface area contributed by atoms with Gasteiger partial charge in [-0.2, -0.15) is 0 Å². The van der Waals surface area contributed by atoms with Crippen molar-refractivity contribution in [1.82, 2.24) is 14.8 Å². The number of amides is 1. The molecule has 10 heteroatoms. The molecule has 0 aromatic carbocycles. The molecule has 0 atom stereocenters. The van der Waals surface area contributed by atoms with Gasteiger partial charge < -0.3 is 14.6 Å². The zero-order chi connectivity index (χ0) is 21.0. The van der Waals surface area contributed by atoms with Gasteiger partial charge in [0.15, 0.2) is 11.0 Å². The Hall–Kier alpha value is -2.17. The van der Waals surface area contributed by atoms with Crippen molar-refractivity contribution >= 4 is 51.3 Å². The Morgan fingerprint density at radius 2 is 2.00 bits per heavy atom. The first-order chi connectivity index (χ1) is 13.9. The van der Waals surface area contributed by atoms with Crippen LogP contribution in [0, 0.1) is 13.8 Å². The molecule has 0 radical (unpaired) electrons. The minimum Gasteiger partial charge on any atom is -0.462 e. The van der Waals surface area contributed by atoms with Crippen molar-refractivity contribution in [3.8, 4) is 11.4 Å². The second kappa shape index (κ2) is 9.55. The molecule has 3 rings (SSSR count). The molecule has 0 fully saturated rings. The predicted molar refractivity (Wildman–Crippen MR) is 118 cm³/mol. The van der Waals surface area contributed by atoms with E-state index in [0.29, 0.717) is 22.3 Å². The molecular formula is C19H22N4O3S3. The summed E-state index contributed by atoms with van der Waals surface area (Å²) in [5.41, 5.74) is 1.42. The third kappa shape index (κ3) is 5.06. The number of anilines is 1. The van der Waals surface area contributed by atoms with Crippen LogP contribution in [0.5, 0.6) is 0 Å². The number of thioether (sulfide) groups is 1. The predicted octanol–water partition coefficient (Wildman–Crippen LogP) is 4.61. The van der Waals surface area contributed by atoms with Gasteiger partial charge in [-0.05, 0) is 39.8 Å². The number of carbonyl (C=O) groups is 2. The minimum atomic E-state index is -0.429. The van der Waals surface area contributed by atoms with E-state index in [9.17, 15) is 9.59 Å². The van der Waals surface area contributed by atoms with Crippen LogP contribution < -0.4 is 5.32 Å². The molecule has 0 aliphatic rings. The molecule has 3 aromatic heterocycles. The van der Waals surface area contributed by atoms with Crippen molar-refractivity contribution in [1.29, 1.82) is 0 Å². The Labute approximate surface area is 181 Å². The van der Waals surface area contributed by atoms with E-state index in [1.807, 2.05) is 18.4 Å². The van der Waals surface area contributed by atoms with Crippen molar-refractivity contribution < 1.29 is 14.3 Å². The van der Waals surface area contributed by atoms with Gasteiger partial charge in [0.1, 0.15) is 5.00 Å². The van der Waals surface area contributed by atoms with Crippen molar-refractivity contribution in [3.05, 3.63) is 32.8 Å². The number of rotatable bonds is 8. The summed E-state index contributed by atoms with van der Waals surface area (Å²) in [6.45, 7) is 8.71. The first kappa shape index (κ1) is 21.5. The highest BCUT2D eigenvalue weighted by atomic mass is 32.2. The van der Waals surface area contributed by atoms with Gasteiger partial charge in [-0.15, -0.1) is 32.9 Å². The van der Waals surface area contributed by atoms with Gasteiger partial charge in [0, 0.05) is 27.2 Å². The van der Waals surface area contributed by atoms with Gasteiger partial charge in [0.2, 0.25) is 5.91 Å². The number of ether oxygens (including phenoxy) is 1. The smallest absolute Gasteiger partial charge is 0.341 e. The number of nitrogens with zero attached hydrogens (tertiary/aromatic N) is 3. The number of carbonyl (C=O) groups excluding carboxylic acids is 2. The fraction of sp³-hybridized carbons (Fsp3) is 0.368. The lowest BCUT2D eigenvalue weighted by Crippen LogP contribution is -2.16. The summed E-state index contributed by atoms with van der Waals surface area (Å²) in [6, 6.07) is 3.81. The maximum Gasteiger partial charge on any atom is 0.341 e. The highest BCUT2D eigenvalue weighted by molar-refractivity contribution is 7.99. The lowest BCUT2D eigenvalue weighted by molar-refractivity contribution is -0.113. The molecule has 1 N–H and O–H groups in total. The van der Waals surface area contributed by atoms with Crippen LogP contribution in [-0.2, 0) is 16.1 Å². The molecule has 0 bridgehead atoms. The number of aryl methyl sites for hydroxylation is 2. The molecule has 7 nitrogen and oxygen atoms in total. The second-order valence-electron chi connectivity index (χ2n) is 6.15. The van der Waals surface area contributed by atoms with Crippen LogP contribution in [0.2, 0.25) is 0 Å². The average Bonchev–Trinajstić information content (AvgIpc) is 3.38. The van der Waals surface area contributed by atoms with Crippen LogP contribution in [-0.4, -0.2) is 39.0 Å². The highest BCUT2D eigenvalue weighted by Crippen LogP contribution is 2.30. The zero-order valence-corrected chi connectivity index (χ0v) is 19.1. The first-order valence-corrected chi connectivity index (χ1v) is 11.8. The van der Waals surface area contributed by atoms with E-state index in [-0.39, 0.29) is 18.3 Å². The molecule has 3 aromatic rings. The average molecular weight is 451 g/mol. The Balaban J connectivity index is 1.68. The minimum absolute atomic E-state index is 0.167. The number of thiophene rings is 2. The van der Waals surface area contributed by atoms with Crippen molar-refractivity contribution in [2.24, 2.45) is 0 Å². The quantitative estimate of drug-likeness (QED) is 0.398. The summed E-state index contributed by atoms with van der Waals surface area (Å²) in [4.78, 5) is 26.7. The zero-order valence-electron chi connectivity index (χ0n) is 16.6. The Kier molecular flexibility index (Phi) is 7.09. The summed E-state index contributed by atoms with van der Waals surface area (Å²) in [7, 11) is 0. The van der Waals surface area contributed by atoms with Gasteiger partial charge in [-0.3, -0.25) is 4.79 Å². The van der Waals surface area contributed by atoms with Crippen LogP contribution in [0.15, 0.2) is 22.7 Å². The molecule has 3 heterocycles. The number of esters is 1. The topological polar surface area (TPSA) is 86.1 Å². The monoisotopic (exact) mass is 450 g/mol. The van der Waals surface area contributed by atoms with Crippen LogP contribution >= 0.6 is 34.4 Å². The number of nitrogens with one attached hydrogen (secondary N) is 1. The number of hydrogen-bond acceptors (Lipinski definition) is 8. The molecule has 0 spiro atoms. The fourth-order valence-electron chi connectivity index (χ4n) is 2.72. The molecule has 0 aliphatic heterocycles. The summed E-state index contributed by atoms with van der Waals surface area (Å²) in [5, 5.41) is 14.6. The number of aromatic nitrogens is 3. The largest absolute Gasteiger partial charge is 0.462 e. The van der Waals surface area contributed by atoms with E-state index >= 15 is 0 Å². The second-order valence-corrected chi connectivity index (χ2v) is 9.47. The molecule has 154 valence electrons. The van der Waals surface area contributed by atoms with Crippen molar-refractivity contribution in [3.63, 3.8) is 0 Å². The lowest BCUT2D eigenvalue weighted by Gasteiger charge is -2.07. The molecular weight excluding hydrogens is 428 g/mol. The number of hydrogen-bond donors (Lipinski definition) is 1. The van der Waals surface area contributed by atoms with E-state index in [2.05, 4.69) is 33.9 Å². The maximum absolute atomic E-state index is 12.5. The van der Waals surface area contributed by atoms with Gasteiger partial charge in [0.25, 0.3) is 0 Å². The highest BCUT2D eigenvalue weighted by Gasteiger charge is 2.19. The Morgan fingerprint density at radius 3 is 2.66 bits per heavy atom. The van der Waals surface area contributed by atoms with Crippen LogP contribution in [0.4, 0.5) is 5.00 Å². The summed E-state index contributed by atoms with van der Waals surface area (Å²) in [6.07, 6.45) is 0. The standard InChI is InChI=1S/C19H22N4O3S3/c1-5-23-16(13-7-11(3)27-9-13)21-22-19(23)28-10-15(24)20-17-14(8-12(4)29-17)18(25)26-6-2/h7-9H,5-6,10H2,1-4H3,(H,20,24).